The minimum atomic E-state index is -0.753. The molecule has 0 heterocycles. The molecule has 0 amide bonds. The lowest BCUT2D eigenvalue weighted by Crippen LogP contribution is -1.99. The van der Waals surface area contributed by atoms with Crippen molar-refractivity contribution in [2.75, 3.05) is 0 Å². The summed E-state index contributed by atoms with van der Waals surface area (Å²) in [6, 6.07) is 0. The Morgan fingerprint density at radius 1 is 0.917 bits per heavy atom. The summed E-state index contributed by atoms with van der Waals surface area (Å²) in [6.45, 7) is 1.91. The van der Waals surface area contributed by atoms with Crippen molar-refractivity contribution in [3.8, 4) is 0 Å². The zero-order valence-corrected chi connectivity index (χ0v) is 14.4. The Morgan fingerprint density at radius 2 is 1.58 bits per heavy atom. The predicted octanol–water partition coefficient (Wildman–Crippen LogP) is 3.93. The molecule has 0 fully saturated rings. The number of aliphatic hydroxyl groups is 2. The van der Waals surface area contributed by atoms with Crippen LogP contribution in [0.25, 0.3) is 0 Å². The van der Waals surface area contributed by atoms with Gasteiger partial charge in [-0.1, -0.05) is 67.7 Å². The molecule has 0 rings (SSSR count). The predicted molar refractivity (Wildman–Crippen MR) is 98.7 cm³/mol. The van der Waals surface area contributed by atoms with Crippen LogP contribution in [0.1, 0.15) is 45.4 Å². The van der Waals surface area contributed by atoms with Crippen LogP contribution in [-0.4, -0.2) is 33.5 Å². The van der Waals surface area contributed by atoms with Gasteiger partial charge in [-0.05, 0) is 32.1 Å². The molecule has 3 N–H and O–H groups in total. The Bertz CT molecular complexity index is 458. The second-order valence-electron chi connectivity index (χ2n) is 5.40. The van der Waals surface area contributed by atoms with E-state index in [2.05, 4.69) is 0 Å². The molecule has 0 radical (unpaired) electrons. The normalized spacial score (nSPS) is 15.5. The molecule has 0 saturated carbocycles. The second-order valence-corrected chi connectivity index (χ2v) is 5.40. The summed E-state index contributed by atoms with van der Waals surface area (Å²) in [5.41, 5.74) is 0. The molecule has 4 heteroatoms. The second kappa shape index (κ2) is 16.0. The average Bonchev–Trinajstić information content (AvgIpc) is 2.55. The third kappa shape index (κ3) is 16.5. The highest BCUT2D eigenvalue weighted by Crippen LogP contribution is 1.99. The molecule has 0 aliphatic carbocycles. The van der Waals surface area contributed by atoms with Gasteiger partial charge in [0, 0.05) is 6.42 Å². The van der Waals surface area contributed by atoms with Crippen molar-refractivity contribution in [2.24, 2.45) is 0 Å². The summed E-state index contributed by atoms with van der Waals surface area (Å²) in [7, 11) is 0. The van der Waals surface area contributed by atoms with E-state index in [4.69, 9.17) is 5.11 Å². The molecule has 24 heavy (non-hydrogen) atoms. The van der Waals surface area contributed by atoms with Crippen molar-refractivity contribution in [3.05, 3.63) is 60.8 Å². The van der Waals surface area contributed by atoms with Crippen molar-refractivity contribution in [3.63, 3.8) is 0 Å². The number of aliphatic carboxylic acids is 1. The smallest absolute Gasteiger partial charge is 0.303 e. The molecule has 0 spiro atoms. The number of hydrogen-bond acceptors (Lipinski definition) is 3. The zero-order chi connectivity index (χ0) is 18.0. The summed E-state index contributed by atoms with van der Waals surface area (Å²) in [6.07, 6.45) is 21.3. The number of rotatable bonds is 13. The molecular weight excluding hydrogens is 304 g/mol. The van der Waals surface area contributed by atoms with Gasteiger partial charge in [-0.3, -0.25) is 4.79 Å². The molecule has 0 aromatic heterocycles. The Labute approximate surface area is 145 Å². The first-order valence-electron chi connectivity index (χ1n) is 8.45. The first kappa shape index (κ1) is 22.1. The Balaban J connectivity index is 3.77. The minimum absolute atomic E-state index is 0.213. The molecule has 0 aliphatic rings. The monoisotopic (exact) mass is 334 g/mol. The maximum absolute atomic E-state index is 10.3. The highest BCUT2D eigenvalue weighted by atomic mass is 16.4. The lowest BCUT2D eigenvalue weighted by molar-refractivity contribution is -0.137. The largest absolute Gasteiger partial charge is 0.481 e. The highest BCUT2D eigenvalue weighted by molar-refractivity contribution is 5.66. The van der Waals surface area contributed by atoms with Crippen LogP contribution >= 0.6 is 0 Å². The van der Waals surface area contributed by atoms with E-state index >= 15 is 0 Å². The van der Waals surface area contributed by atoms with Gasteiger partial charge in [-0.15, -0.1) is 0 Å². The van der Waals surface area contributed by atoms with Gasteiger partial charge in [0.1, 0.15) is 0 Å². The van der Waals surface area contributed by atoms with E-state index in [1.54, 1.807) is 18.2 Å². The lowest BCUT2D eigenvalue weighted by atomic mass is 10.2. The Hall–Kier alpha value is -1.91. The number of hydrogen-bond donors (Lipinski definition) is 3. The van der Waals surface area contributed by atoms with Gasteiger partial charge in [-0.2, -0.15) is 0 Å². The molecule has 0 saturated heterocycles. The van der Waals surface area contributed by atoms with Gasteiger partial charge in [-0.25, -0.2) is 0 Å². The molecule has 0 aliphatic heterocycles. The van der Waals surface area contributed by atoms with Crippen LogP contribution in [0.4, 0.5) is 0 Å². The topological polar surface area (TPSA) is 77.8 Å². The van der Waals surface area contributed by atoms with Crippen LogP contribution in [0.5, 0.6) is 0 Å². The minimum Gasteiger partial charge on any atom is -0.481 e. The van der Waals surface area contributed by atoms with E-state index in [0.29, 0.717) is 19.3 Å². The van der Waals surface area contributed by atoms with Gasteiger partial charge in [0.05, 0.1) is 12.2 Å². The van der Waals surface area contributed by atoms with Gasteiger partial charge < -0.3 is 15.3 Å². The molecule has 0 bridgehead atoms. The molecule has 0 aromatic rings. The molecule has 0 aromatic carbocycles. The van der Waals surface area contributed by atoms with E-state index in [0.717, 1.165) is 12.8 Å². The van der Waals surface area contributed by atoms with Crippen LogP contribution in [0.3, 0.4) is 0 Å². The van der Waals surface area contributed by atoms with Crippen LogP contribution < -0.4 is 0 Å². The molecule has 134 valence electrons. The van der Waals surface area contributed by atoms with Crippen LogP contribution in [-0.2, 0) is 4.79 Å². The molecule has 2 atom stereocenters. The number of carboxylic acid groups (broad SMARTS) is 1. The standard InChI is InChI=1S/C20H30O4/c1-2-18(21)14-11-9-12-16-19(22)15-10-7-5-3-4-6-8-13-17-20(23)24/h4-7,9-12,14-15,18-19,21-22H,2-3,8,13,16-17H2,1H3,(H,23,24)/b6-4-,7-5-,12-9-,14-11+,15-10-/t18-,19+/m1/s1. The number of carbonyl (C=O) groups is 1. The summed E-state index contributed by atoms with van der Waals surface area (Å²) >= 11 is 0. The van der Waals surface area contributed by atoms with Crippen molar-refractivity contribution >= 4 is 5.97 Å². The molecule has 0 unspecified atom stereocenters. The van der Waals surface area contributed by atoms with Crippen molar-refractivity contribution in [2.45, 2.75) is 57.7 Å². The number of aliphatic hydroxyl groups excluding tert-OH is 2. The SMILES string of the molecule is CC[C@@H](O)/C=C/C=C\C[C@@H](O)/C=C\C=C/C/C=C\CCCC(=O)O. The fourth-order valence-electron chi connectivity index (χ4n) is 1.72. The maximum atomic E-state index is 10.3. The van der Waals surface area contributed by atoms with Crippen molar-refractivity contribution in [1.82, 2.24) is 0 Å². The molecule has 4 nitrogen and oxygen atoms in total. The first-order chi connectivity index (χ1) is 11.6. The fraction of sp³-hybridized carbons (Fsp3) is 0.450. The average molecular weight is 334 g/mol. The van der Waals surface area contributed by atoms with Crippen molar-refractivity contribution < 1.29 is 20.1 Å². The Kier molecular flexibility index (Phi) is 14.7. The lowest BCUT2D eigenvalue weighted by Gasteiger charge is -1.99. The summed E-state index contributed by atoms with van der Waals surface area (Å²) < 4.78 is 0. The fourth-order valence-corrected chi connectivity index (χ4v) is 1.72. The quantitative estimate of drug-likeness (QED) is 0.271. The van der Waals surface area contributed by atoms with E-state index in [1.165, 1.54) is 0 Å². The van der Waals surface area contributed by atoms with E-state index in [-0.39, 0.29) is 6.42 Å². The van der Waals surface area contributed by atoms with Gasteiger partial charge in [0.2, 0.25) is 0 Å². The first-order valence-corrected chi connectivity index (χ1v) is 8.45. The zero-order valence-electron chi connectivity index (χ0n) is 14.4. The summed E-state index contributed by atoms with van der Waals surface area (Å²) in [5, 5.41) is 27.5. The van der Waals surface area contributed by atoms with Gasteiger partial charge >= 0.3 is 5.97 Å². The van der Waals surface area contributed by atoms with Crippen LogP contribution in [0.2, 0.25) is 0 Å². The van der Waals surface area contributed by atoms with E-state index in [1.807, 2.05) is 49.5 Å². The Morgan fingerprint density at radius 3 is 2.25 bits per heavy atom. The van der Waals surface area contributed by atoms with E-state index in [9.17, 15) is 15.0 Å². The number of allylic oxidation sites excluding steroid dienone is 7. The van der Waals surface area contributed by atoms with E-state index < -0.39 is 18.2 Å². The number of carboxylic acids is 1. The van der Waals surface area contributed by atoms with Crippen LogP contribution in [0, 0.1) is 0 Å². The van der Waals surface area contributed by atoms with Gasteiger partial charge in [0.15, 0.2) is 0 Å². The highest BCUT2D eigenvalue weighted by Gasteiger charge is 1.94. The third-order valence-electron chi connectivity index (χ3n) is 3.16. The third-order valence-corrected chi connectivity index (χ3v) is 3.16. The number of unbranched alkanes of at least 4 members (excludes halogenated alkanes) is 1. The molecular formula is C20H30O4. The van der Waals surface area contributed by atoms with Gasteiger partial charge in [0.25, 0.3) is 0 Å². The van der Waals surface area contributed by atoms with Crippen LogP contribution in [0.15, 0.2) is 60.8 Å². The van der Waals surface area contributed by atoms with Crippen molar-refractivity contribution in [1.29, 1.82) is 0 Å². The maximum Gasteiger partial charge on any atom is 0.303 e. The summed E-state index contributed by atoms with van der Waals surface area (Å²) in [4.78, 5) is 10.3. The summed E-state index contributed by atoms with van der Waals surface area (Å²) in [5.74, 6) is -0.753.